The summed E-state index contributed by atoms with van der Waals surface area (Å²) >= 11 is 0. The van der Waals surface area contributed by atoms with Gasteiger partial charge in [-0.1, -0.05) is 31.2 Å². The minimum Gasteiger partial charge on any atom is -0.337 e. The fourth-order valence-electron chi connectivity index (χ4n) is 3.03. The van der Waals surface area contributed by atoms with E-state index in [-0.39, 0.29) is 11.9 Å². The number of anilines is 1. The van der Waals surface area contributed by atoms with Gasteiger partial charge in [-0.25, -0.2) is 13.6 Å². The van der Waals surface area contributed by atoms with Gasteiger partial charge < -0.3 is 10.6 Å². The van der Waals surface area contributed by atoms with Gasteiger partial charge in [-0.2, -0.15) is 0 Å². The van der Waals surface area contributed by atoms with Crippen LogP contribution in [-0.2, 0) is 5.41 Å². The maximum atomic E-state index is 14.1. The zero-order chi connectivity index (χ0) is 16.4. The Hall–Kier alpha value is -2.43. The smallest absolute Gasteiger partial charge is 0.319 e. The predicted molar refractivity (Wildman–Crippen MR) is 85.3 cm³/mol. The maximum Gasteiger partial charge on any atom is 0.319 e. The third-order valence-corrected chi connectivity index (χ3v) is 4.52. The normalized spacial score (nSPS) is 22.5. The van der Waals surface area contributed by atoms with Crippen molar-refractivity contribution in [1.82, 2.24) is 5.32 Å². The molecule has 0 saturated heterocycles. The van der Waals surface area contributed by atoms with Crippen LogP contribution in [0.1, 0.15) is 18.9 Å². The van der Waals surface area contributed by atoms with Crippen LogP contribution in [0.25, 0.3) is 0 Å². The van der Waals surface area contributed by atoms with Crippen molar-refractivity contribution in [3.63, 3.8) is 0 Å². The van der Waals surface area contributed by atoms with Gasteiger partial charge in [-0.05, 0) is 36.1 Å². The number of benzene rings is 2. The van der Waals surface area contributed by atoms with Crippen molar-refractivity contribution >= 4 is 11.7 Å². The van der Waals surface area contributed by atoms with E-state index in [1.165, 1.54) is 12.1 Å². The summed E-state index contributed by atoms with van der Waals surface area (Å²) < 4.78 is 27.2. The molecule has 1 fully saturated rings. The summed E-state index contributed by atoms with van der Waals surface area (Å²) in [6.45, 7) is 2.31. The Kier molecular flexibility index (Phi) is 4.03. The molecule has 0 radical (unpaired) electrons. The first kappa shape index (κ1) is 15.5. The standard InChI is InChI=1S/C18H18F2N2O/c1-12-10-18(12,15-8-7-13(19)9-16(15)20)11-21-17(23)22-14-5-3-2-4-6-14/h2-9,12H,10-11H2,1H3,(H2,21,22,23). The van der Waals surface area contributed by atoms with Crippen molar-refractivity contribution in [2.75, 3.05) is 11.9 Å². The monoisotopic (exact) mass is 316 g/mol. The highest BCUT2D eigenvalue weighted by Crippen LogP contribution is 2.54. The number of carbonyl (C=O) groups is 1. The molecule has 3 rings (SSSR count). The molecule has 1 aliphatic carbocycles. The summed E-state index contributed by atoms with van der Waals surface area (Å²) in [5.41, 5.74) is 0.702. The fourth-order valence-corrected chi connectivity index (χ4v) is 3.03. The van der Waals surface area contributed by atoms with Gasteiger partial charge in [0.05, 0.1) is 0 Å². The average Bonchev–Trinajstić information content (AvgIpc) is 3.17. The third kappa shape index (κ3) is 3.18. The number of hydrogen-bond donors (Lipinski definition) is 2. The Bertz CT molecular complexity index is 720. The number of rotatable bonds is 4. The topological polar surface area (TPSA) is 41.1 Å². The molecule has 2 aromatic carbocycles. The number of urea groups is 1. The van der Waals surface area contributed by atoms with E-state index in [1.54, 1.807) is 12.1 Å². The van der Waals surface area contributed by atoms with Crippen LogP contribution in [-0.4, -0.2) is 12.6 Å². The second-order valence-corrected chi connectivity index (χ2v) is 6.06. The van der Waals surface area contributed by atoms with Crippen LogP contribution in [0.2, 0.25) is 0 Å². The quantitative estimate of drug-likeness (QED) is 0.877. The zero-order valence-electron chi connectivity index (χ0n) is 12.8. The van der Waals surface area contributed by atoms with Crippen LogP contribution < -0.4 is 10.6 Å². The lowest BCUT2D eigenvalue weighted by atomic mass is 9.93. The Morgan fingerprint density at radius 2 is 1.91 bits per heavy atom. The minimum atomic E-state index is -0.593. The van der Waals surface area contributed by atoms with Crippen molar-refractivity contribution < 1.29 is 13.6 Å². The van der Waals surface area contributed by atoms with Crippen LogP contribution in [0.4, 0.5) is 19.3 Å². The number of amides is 2. The number of nitrogens with one attached hydrogen (secondary N) is 2. The molecule has 0 bridgehead atoms. The Morgan fingerprint density at radius 3 is 2.52 bits per heavy atom. The first-order chi connectivity index (χ1) is 11.0. The Balaban J connectivity index is 1.67. The molecule has 5 heteroatoms. The maximum absolute atomic E-state index is 14.1. The summed E-state index contributed by atoms with van der Waals surface area (Å²) in [5.74, 6) is -0.913. The van der Waals surface area contributed by atoms with Crippen molar-refractivity contribution in [2.45, 2.75) is 18.8 Å². The number of halogens is 2. The summed E-state index contributed by atoms with van der Waals surface area (Å²) in [6.07, 6.45) is 0.765. The number of carbonyl (C=O) groups excluding carboxylic acids is 1. The van der Waals surface area contributed by atoms with E-state index >= 15 is 0 Å². The summed E-state index contributed by atoms with van der Waals surface area (Å²) in [6, 6.07) is 12.4. The largest absolute Gasteiger partial charge is 0.337 e. The number of para-hydroxylation sites is 1. The Labute approximate surface area is 133 Å². The fraction of sp³-hybridized carbons (Fsp3) is 0.278. The summed E-state index contributed by atoms with van der Waals surface area (Å²) in [4.78, 5) is 12.0. The zero-order valence-corrected chi connectivity index (χ0v) is 12.8. The third-order valence-electron chi connectivity index (χ3n) is 4.52. The SMILES string of the molecule is CC1CC1(CNC(=O)Nc1ccccc1)c1ccc(F)cc1F. The van der Waals surface area contributed by atoms with Crippen LogP contribution >= 0.6 is 0 Å². The molecule has 0 aromatic heterocycles. The van der Waals surface area contributed by atoms with Crippen molar-refractivity contribution in [2.24, 2.45) is 5.92 Å². The van der Waals surface area contributed by atoms with Gasteiger partial charge in [0, 0.05) is 23.7 Å². The first-order valence-electron chi connectivity index (χ1n) is 7.57. The van der Waals surface area contributed by atoms with E-state index in [9.17, 15) is 13.6 Å². The van der Waals surface area contributed by atoms with E-state index in [0.717, 1.165) is 12.5 Å². The van der Waals surface area contributed by atoms with Gasteiger partial charge >= 0.3 is 6.03 Å². The molecule has 23 heavy (non-hydrogen) atoms. The molecule has 2 aromatic rings. The molecule has 0 heterocycles. The predicted octanol–water partition coefficient (Wildman–Crippen LogP) is 4.06. The van der Waals surface area contributed by atoms with E-state index in [2.05, 4.69) is 10.6 Å². The van der Waals surface area contributed by atoms with Gasteiger partial charge in [0.1, 0.15) is 11.6 Å². The molecule has 1 aliphatic rings. The highest BCUT2D eigenvalue weighted by molar-refractivity contribution is 5.89. The first-order valence-corrected chi connectivity index (χ1v) is 7.57. The molecule has 120 valence electrons. The molecule has 0 aliphatic heterocycles. The van der Waals surface area contributed by atoms with Crippen LogP contribution in [0.5, 0.6) is 0 Å². The van der Waals surface area contributed by atoms with E-state index < -0.39 is 17.0 Å². The van der Waals surface area contributed by atoms with E-state index in [4.69, 9.17) is 0 Å². The van der Waals surface area contributed by atoms with E-state index in [1.807, 2.05) is 25.1 Å². The van der Waals surface area contributed by atoms with Crippen LogP contribution in [0.15, 0.2) is 48.5 Å². The van der Waals surface area contributed by atoms with Gasteiger partial charge in [0.15, 0.2) is 0 Å². The second kappa shape index (κ2) is 5.99. The van der Waals surface area contributed by atoms with Crippen molar-refractivity contribution in [3.05, 3.63) is 65.7 Å². The van der Waals surface area contributed by atoms with Crippen LogP contribution in [0, 0.1) is 17.6 Å². The molecule has 3 nitrogen and oxygen atoms in total. The lowest BCUT2D eigenvalue weighted by molar-refractivity contribution is 0.250. The molecule has 2 unspecified atom stereocenters. The van der Waals surface area contributed by atoms with Gasteiger partial charge in [-0.3, -0.25) is 0 Å². The molecule has 1 saturated carbocycles. The number of hydrogen-bond acceptors (Lipinski definition) is 1. The Morgan fingerprint density at radius 1 is 1.22 bits per heavy atom. The lowest BCUT2D eigenvalue weighted by Crippen LogP contribution is -2.36. The summed E-state index contributed by atoms with van der Waals surface area (Å²) in [7, 11) is 0. The highest BCUT2D eigenvalue weighted by Gasteiger charge is 2.53. The molecule has 2 N–H and O–H groups in total. The van der Waals surface area contributed by atoms with Gasteiger partial charge in [-0.15, -0.1) is 0 Å². The molecule has 2 amide bonds. The van der Waals surface area contributed by atoms with Gasteiger partial charge in [0.25, 0.3) is 0 Å². The van der Waals surface area contributed by atoms with E-state index in [0.29, 0.717) is 17.8 Å². The van der Waals surface area contributed by atoms with Crippen molar-refractivity contribution in [3.8, 4) is 0 Å². The van der Waals surface area contributed by atoms with Crippen LogP contribution in [0.3, 0.4) is 0 Å². The molecule has 0 spiro atoms. The lowest BCUT2D eigenvalue weighted by Gasteiger charge is -2.19. The minimum absolute atomic E-state index is 0.236. The highest BCUT2D eigenvalue weighted by atomic mass is 19.1. The summed E-state index contributed by atoms with van der Waals surface area (Å²) in [5, 5.41) is 5.52. The second-order valence-electron chi connectivity index (χ2n) is 6.06. The molecular formula is C18H18F2N2O. The molecular weight excluding hydrogens is 298 g/mol. The van der Waals surface area contributed by atoms with Gasteiger partial charge in [0.2, 0.25) is 0 Å². The average molecular weight is 316 g/mol. The molecule has 2 atom stereocenters. The van der Waals surface area contributed by atoms with Crippen molar-refractivity contribution in [1.29, 1.82) is 0 Å².